The molecule has 1 N–H and O–H groups in total. The maximum Gasteiger partial charge on any atom is 0.276 e. The Hall–Kier alpha value is -3.30. The zero-order valence-corrected chi connectivity index (χ0v) is 21.6. The van der Waals surface area contributed by atoms with Crippen molar-refractivity contribution in [3.63, 3.8) is 0 Å². The largest absolute Gasteiger partial charge is 0.493 e. The van der Waals surface area contributed by atoms with Gasteiger partial charge in [0.15, 0.2) is 22.8 Å². The van der Waals surface area contributed by atoms with E-state index in [4.69, 9.17) is 19.6 Å². The number of para-hydroxylation sites is 1. The summed E-state index contributed by atoms with van der Waals surface area (Å²) in [6, 6.07) is 21.4. The van der Waals surface area contributed by atoms with E-state index >= 15 is 0 Å². The number of amidine groups is 1. The number of carbonyl (C=O) groups is 1. The number of halogens is 1. The van der Waals surface area contributed by atoms with Gasteiger partial charge in [-0.05, 0) is 45.4 Å². The van der Waals surface area contributed by atoms with Crippen LogP contribution in [-0.2, 0) is 11.4 Å². The van der Waals surface area contributed by atoms with Crippen LogP contribution in [0.25, 0.3) is 5.70 Å². The Bertz CT molecular complexity index is 1430. The summed E-state index contributed by atoms with van der Waals surface area (Å²) in [7, 11) is 1.61. The molecule has 35 heavy (non-hydrogen) atoms. The molecule has 0 bridgehead atoms. The monoisotopic (exact) mass is 550 g/mol. The molecule has 3 aromatic rings. The lowest BCUT2D eigenvalue weighted by Gasteiger charge is -2.34. The summed E-state index contributed by atoms with van der Waals surface area (Å²) in [5.74, 6) is 1.75. The summed E-state index contributed by atoms with van der Waals surface area (Å²) in [5.41, 5.74) is 2.34. The SMILES string of the molecule is CCSC1=NN2C(=c3ccccc3=N[C@H]2c2cc(Br)c(OCc3ccccc3)c(OC)c2)C(=O)N1. The minimum absolute atomic E-state index is 0.197. The third-order valence-corrected chi connectivity index (χ3v) is 6.91. The van der Waals surface area contributed by atoms with Crippen LogP contribution in [0.5, 0.6) is 11.5 Å². The Morgan fingerprint density at radius 3 is 2.66 bits per heavy atom. The first kappa shape index (κ1) is 23.4. The average Bonchev–Trinajstić information content (AvgIpc) is 2.87. The van der Waals surface area contributed by atoms with Crippen LogP contribution in [0.2, 0.25) is 0 Å². The molecule has 1 atom stereocenters. The van der Waals surface area contributed by atoms with E-state index in [1.807, 2.05) is 73.7 Å². The van der Waals surface area contributed by atoms with E-state index in [1.165, 1.54) is 11.8 Å². The van der Waals surface area contributed by atoms with Gasteiger partial charge in [-0.1, -0.05) is 67.2 Å². The fourth-order valence-corrected chi connectivity index (χ4v) is 5.16. The molecule has 0 radical (unpaired) electrons. The van der Waals surface area contributed by atoms with Gasteiger partial charge in [0.2, 0.25) is 0 Å². The van der Waals surface area contributed by atoms with Crippen molar-refractivity contribution in [3.05, 3.63) is 92.9 Å². The van der Waals surface area contributed by atoms with Crippen molar-refractivity contribution in [1.29, 1.82) is 0 Å². The van der Waals surface area contributed by atoms with Gasteiger partial charge in [0.05, 0.1) is 16.9 Å². The molecule has 7 nitrogen and oxygen atoms in total. The lowest BCUT2D eigenvalue weighted by Crippen LogP contribution is -2.50. The first-order chi connectivity index (χ1) is 17.1. The van der Waals surface area contributed by atoms with Gasteiger partial charge < -0.3 is 9.47 Å². The Kier molecular flexibility index (Phi) is 6.79. The number of ether oxygens (including phenoxy) is 2. The zero-order valence-electron chi connectivity index (χ0n) is 19.2. The first-order valence-electron chi connectivity index (χ1n) is 11.1. The Morgan fingerprint density at radius 1 is 1.11 bits per heavy atom. The first-order valence-corrected chi connectivity index (χ1v) is 12.9. The highest BCUT2D eigenvalue weighted by Gasteiger charge is 2.35. The van der Waals surface area contributed by atoms with Crippen molar-refractivity contribution in [2.24, 2.45) is 10.1 Å². The Balaban J connectivity index is 1.58. The van der Waals surface area contributed by atoms with Crippen molar-refractivity contribution in [2.75, 3.05) is 12.9 Å². The van der Waals surface area contributed by atoms with Gasteiger partial charge >= 0.3 is 0 Å². The second kappa shape index (κ2) is 10.1. The lowest BCUT2D eigenvalue weighted by atomic mass is 10.1. The summed E-state index contributed by atoms with van der Waals surface area (Å²) in [4.78, 5) is 18.1. The molecule has 0 saturated carbocycles. The molecule has 2 aliphatic heterocycles. The summed E-state index contributed by atoms with van der Waals surface area (Å²) in [6.07, 6.45) is -0.549. The number of hydrazone groups is 1. The second-order valence-corrected chi connectivity index (χ2v) is 9.92. The number of hydrogen-bond donors (Lipinski definition) is 1. The number of carbonyl (C=O) groups excluding carboxylic acids is 1. The topological polar surface area (TPSA) is 75.5 Å². The molecule has 0 spiro atoms. The molecule has 2 heterocycles. The molecule has 9 heteroatoms. The van der Waals surface area contributed by atoms with Crippen molar-refractivity contribution in [1.82, 2.24) is 10.3 Å². The molecule has 3 aromatic carbocycles. The van der Waals surface area contributed by atoms with E-state index in [0.29, 0.717) is 29.0 Å². The number of thioether (sulfide) groups is 1. The number of benzene rings is 3. The van der Waals surface area contributed by atoms with E-state index < -0.39 is 6.17 Å². The van der Waals surface area contributed by atoms with E-state index in [0.717, 1.165) is 31.9 Å². The van der Waals surface area contributed by atoms with Crippen LogP contribution >= 0.6 is 27.7 Å². The Labute approximate surface area is 215 Å². The normalized spacial score (nSPS) is 16.5. The van der Waals surface area contributed by atoms with Crippen LogP contribution in [0.1, 0.15) is 24.2 Å². The minimum atomic E-state index is -0.549. The van der Waals surface area contributed by atoms with Crippen LogP contribution in [0, 0.1) is 0 Å². The number of hydrogen-bond acceptors (Lipinski definition) is 7. The van der Waals surface area contributed by atoms with Gasteiger partial charge in [0.1, 0.15) is 12.3 Å². The fraction of sp³-hybridized carbons (Fsp3) is 0.192. The predicted molar refractivity (Wildman–Crippen MR) is 140 cm³/mol. The summed E-state index contributed by atoms with van der Waals surface area (Å²) < 4.78 is 12.5. The van der Waals surface area contributed by atoms with Gasteiger partial charge in [-0.15, -0.1) is 5.10 Å². The van der Waals surface area contributed by atoms with Gasteiger partial charge in [-0.3, -0.25) is 15.1 Å². The van der Waals surface area contributed by atoms with Gasteiger partial charge in [0.25, 0.3) is 5.91 Å². The smallest absolute Gasteiger partial charge is 0.276 e. The molecular weight excluding hydrogens is 528 g/mol. The third-order valence-electron chi connectivity index (χ3n) is 5.57. The number of methoxy groups -OCH3 is 1. The van der Waals surface area contributed by atoms with Crippen LogP contribution in [-0.4, -0.2) is 28.9 Å². The molecule has 178 valence electrons. The van der Waals surface area contributed by atoms with Crippen molar-refractivity contribution in [2.45, 2.75) is 19.7 Å². The zero-order chi connectivity index (χ0) is 24.4. The summed E-state index contributed by atoms with van der Waals surface area (Å²) in [6.45, 7) is 2.42. The summed E-state index contributed by atoms with van der Waals surface area (Å²) >= 11 is 5.13. The molecule has 2 aliphatic rings. The van der Waals surface area contributed by atoms with Crippen LogP contribution in [0.15, 0.2) is 81.3 Å². The highest BCUT2D eigenvalue weighted by Crippen LogP contribution is 2.41. The maximum atomic E-state index is 13.1. The molecular formula is C26H23BrN4O3S. The fourth-order valence-electron chi connectivity index (χ4n) is 4.00. The molecule has 0 saturated heterocycles. The van der Waals surface area contributed by atoms with E-state index in [1.54, 1.807) is 12.1 Å². The quantitative estimate of drug-likeness (QED) is 0.503. The van der Waals surface area contributed by atoms with Crippen LogP contribution in [0.4, 0.5) is 0 Å². The molecule has 0 fully saturated rings. The van der Waals surface area contributed by atoms with E-state index in [9.17, 15) is 4.79 Å². The average molecular weight is 551 g/mol. The van der Waals surface area contributed by atoms with Crippen molar-refractivity contribution < 1.29 is 14.3 Å². The molecule has 0 aromatic heterocycles. The molecule has 1 amide bonds. The molecule has 0 unspecified atom stereocenters. The van der Waals surface area contributed by atoms with Gasteiger partial charge in [-0.2, -0.15) is 0 Å². The number of amides is 1. The van der Waals surface area contributed by atoms with Gasteiger partial charge in [-0.25, -0.2) is 5.01 Å². The van der Waals surface area contributed by atoms with Gasteiger partial charge in [0, 0.05) is 10.8 Å². The predicted octanol–water partition coefficient (Wildman–Crippen LogP) is 3.93. The third kappa shape index (κ3) is 4.66. The maximum absolute atomic E-state index is 13.1. The molecule has 5 rings (SSSR count). The highest BCUT2D eigenvalue weighted by atomic mass is 79.9. The number of nitrogens with one attached hydrogen (secondary N) is 1. The van der Waals surface area contributed by atoms with E-state index in [-0.39, 0.29) is 5.91 Å². The van der Waals surface area contributed by atoms with Crippen molar-refractivity contribution >= 4 is 44.5 Å². The summed E-state index contributed by atoms with van der Waals surface area (Å²) in [5, 5.41) is 11.4. The van der Waals surface area contributed by atoms with Crippen molar-refractivity contribution in [3.8, 4) is 11.5 Å². The Morgan fingerprint density at radius 2 is 1.89 bits per heavy atom. The number of rotatable bonds is 6. The minimum Gasteiger partial charge on any atom is -0.493 e. The second-order valence-electron chi connectivity index (χ2n) is 7.81. The van der Waals surface area contributed by atoms with E-state index in [2.05, 4.69) is 21.2 Å². The number of nitrogens with zero attached hydrogens (tertiary/aromatic N) is 3. The highest BCUT2D eigenvalue weighted by molar-refractivity contribution is 9.10. The molecule has 0 aliphatic carbocycles. The standard InChI is InChI=1S/C26H23BrN4O3S/c1-3-35-26-29-25(32)22-18-11-7-8-12-20(18)28-24(31(22)30-26)17-13-19(27)23(21(14-17)33-2)34-15-16-9-5-4-6-10-16/h4-14,24H,3,15H2,1-2H3,(H,29,30,32)/t24-/m1/s1. The lowest BCUT2D eigenvalue weighted by molar-refractivity contribution is -0.116. The number of fused-ring (bicyclic) bond motifs is 2. The van der Waals surface area contributed by atoms with Crippen LogP contribution in [0.3, 0.4) is 0 Å². The van der Waals surface area contributed by atoms with Crippen LogP contribution < -0.4 is 25.4 Å².